The van der Waals surface area contributed by atoms with E-state index in [4.69, 9.17) is 0 Å². The molecule has 1 aliphatic carbocycles. The van der Waals surface area contributed by atoms with Crippen LogP contribution >= 0.6 is 0 Å². The molecule has 0 spiro atoms. The summed E-state index contributed by atoms with van der Waals surface area (Å²) in [7, 11) is 0. The quantitative estimate of drug-likeness (QED) is 0.903. The summed E-state index contributed by atoms with van der Waals surface area (Å²) in [6, 6.07) is 4.65. The Bertz CT molecular complexity index is 637. The molecule has 1 heterocycles. The summed E-state index contributed by atoms with van der Waals surface area (Å²) in [5, 5.41) is 3.02. The van der Waals surface area contributed by atoms with Crippen LogP contribution in [0.15, 0.2) is 24.3 Å². The van der Waals surface area contributed by atoms with Crippen molar-refractivity contribution in [3.05, 3.63) is 29.8 Å². The number of anilines is 1. The first-order valence-corrected chi connectivity index (χ1v) is 8.62. The molecule has 1 N–H and O–H groups in total. The predicted molar refractivity (Wildman–Crippen MR) is 86.9 cm³/mol. The average Bonchev–Trinajstić information content (AvgIpc) is 2.97. The van der Waals surface area contributed by atoms with Gasteiger partial charge in [-0.1, -0.05) is 19.3 Å². The molecule has 4 nitrogen and oxygen atoms in total. The van der Waals surface area contributed by atoms with Crippen molar-refractivity contribution in [1.29, 1.82) is 0 Å². The second kappa shape index (κ2) is 7.06. The molecule has 1 saturated heterocycles. The molecule has 1 aromatic rings. The Labute approximate surface area is 144 Å². The van der Waals surface area contributed by atoms with E-state index in [0.717, 1.165) is 37.8 Å². The van der Waals surface area contributed by atoms with E-state index in [-0.39, 0.29) is 30.8 Å². The van der Waals surface area contributed by atoms with Crippen molar-refractivity contribution in [2.45, 2.75) is 50.7 Å². The van der Waals surface area contributed by atoms with Gasteiger partial charge in [-0.15, -0.1) is 0 Å². The molecule has 1 unspecified atom stereocenters. The molecule has 2 amide bonds. The van der Waals surface area contributed by atoms with Crippen LogP contribution in [0.3, 0.4) is 0 Å². The fraction of sp³-hybridized carbons (Fsp3) is 0.556. The fourth-order valence-corrected chi connectivity index (χ4v) is 3.53. The maximum absolute atomic E-state index is 12.6. The lowest BCUT2D eigenvalue weighted by Gasteiger charge is -2.24. The third-order valence-electron chi connectivity index (χ3n) is 4.95. The van der Waals surface area contributed by atoms with Crippen LogP contribution in [0, 0.1) is 5.92 Å². The van der Waals surface area contributed by atoms with Crippen LogP contribution < -0.4 is 10.2 Å². The molecule has 1 aliphatic heterocycles. The number of halogens is 3. The monoisotopic (exact) mass is 354 g/mol. The molecule has 0 radical (unpaired) electrons. The van der Waals surface area contributed by atoms with Crippen LogP contribution in [-0.2, 0) is 15.8 Å². The van der Waals surface area contributed by atoms with Gasteiger partial charge in [0.2, 0.25) is 11.8 Å². The summed E-state index contributed by atoms with van der Waals surface area (Å²) in [6.45, 7) is 0.211. The van der Waals surface area contributed by atoms with Gasteiger partial charge in [0.25, 0.3) is 0 Å². The third kappa shape index (κ3) is 4.14. The van der Waals surface area contributed by atoms with E-state index < -0.39 is 17.7 Å². The first-order valence-electron chi connectivity index (χ1n) is 8.62. The van der Waals surface area contributed by atoms with Gasteiger partial charge >= 0.3 is 6.18 Å². The van der Waals surface area contributed by atoms with Crippen molar-refractivity contribution in [1.82, 2.24) is 5.32 Å². The summed E-state index contributed by atoms with van der Waals surface area (Å²) >= 11 is 0. The summed E-state index contributed by atoms with van der Waals surface area (Å²) in [6.07, 6.45) is 1.02. The molecule has 3 rings (SSSR count). The van der Waals surface area contributed by atoms with Crippen LogP contribution in [-0.4, -0.2) is 24.4 Å². The number of nitrogens with one attached hydrogen (secondary N) is 1. The second-order valence-electron chi connectivity index (χ2n) is 6.79. The minimum absolute atomic E-state index is 0.0968. The largest absolute Gasteiger partial charge is 0.416 e. The van der Waals surface area contributed by atoms with Crippen LogP contribution in [0.5, 0.6) is 0 Å². The molecule has 7 heteroatoms. The summed E-state index contributed by atoms with van der Waals surface area (Å²) < 4.78 is 37.9. The zero-order valence-corrected chi connectivity index (χ0v) is 13.8. The molecule has 2 fully saturated rings. The van der Waals surface area contributed by atoms with E-state index in [9.17, 15) is 22.8 Å². The molecular formula is C18H21F3N2O2. The fourth-order valence-electron chi connectivity index (χ4n) is 3.53. The van der Waals surface area contributed by atoms with Gasteiger partial charge in [0.15, 0.2) is 0 Å². The number of amides is 2. The van der Waals surface area contributed by atoms with Gasteiger partial charge in [-0.3, -0.25) is 9.59 Å². The normalized spacial score (nSPS) is 22.3. The summed E-state index contributed by atoms with van der Waals surface area (Å²) in [5.74, 6) is -0.810. The van der Waals surface area contributed by atoms with E-state index >= 15 is 0 Å². The van der Waals surface area contributed by atoms with Crippen molar-refractivity contribution in [3.8, 4) is 0 Å². The summed E-state index contributed by atoms with van der Waals surface area (Å²) in [4.78, 5) is 26.0. The molecule has 0 bridgehead atoms. The second-order valence-corrected chi connectivity index (χ2v) is 6.79. The smallest absolute Gasteiger partial charge is 0.353 e. The van der Waals surface area contributed by atoms with Gasteiger partial charge in [0.1, 0.15) is 0 Å². The van der Waals surface area contributed by atoms with Crippen LogP contribution in [0.1, 0.15) is 44.1 Å². The number of rotatable bonds is 3. The minimum Gasteiger partial charge on any atom is -0.353 e. The van der Waals surface area contributed by atoms with Crippen LogP contribution in [0.2, 0.25) is 0 Å². The Hall–Kier alpha value is -2.05. The lowest BCUT2D eigenvalue weighted by atomic mass is 9.95. The first-order chi connectivity index (χ1) is 11.8. The molecular weight excluding hydrogens is 333 g/mol. The van der Waals surface area contributed by atoms with Crippen molar-refractivity contribution in [2.24, 2.45) is 5.92 Å². The predicted octanol–water partition coefficient (Wildman–Crippen LogP) is 3.51. The van der Waals surface area contributed by atoms with Crippen molar-refractivity contribution in [2.75, 3.05) is 11.4 Å². The Morgan fingerprint density at radius 3 is 2.32 bits per heavy atom. The highest BCUT2D eigenvalue weighted by Gasteiger charge is 2.36. The SMILES string of the molecule is O=C(NC1CCCCC1)C1CC(=O)N(c2ccc(C(F)(F)F)cc2)C1. The number of hydrogen-bond donors (Lipinski definition) is 1. The van der Waals surface area contributed by atoms with Gasteiger partial charge < -0.3 is 10.2 Å². The Morgan fingerprint density at radius 2 is 1.72 bits per heavy atom. The van der Waals surface area contributed by atoms with Crippen molar-refractivity contribution in [3.63, 3.8) is 0 Å². The molecule has 1 aromatic carbocycles. The zero-order valence-electron chi connectivity index (χ0n) is 13.8. The molecule has 2 aliphatic rings. The van der Waals surface area contributed by atoms with E-state index in [1.165, 1.54) is 23.5 Å². The zero-order chi connectivity index (χ0) is 18.0. The van der Waals surface area contributed by atoms with Crippen LogP contribution in [0.4, 0.5) is 18.9 Å². The standard InChI is InChI=1S/C18H21F3N2O2/c19-18(20,21)13-6-8-15(9-7-13)23-11-12(10-16(23)24)17(25)22-14-4-2-1-3-5-14/h6-9,12,14H,1-5,10-11H2,(H,22,25). The topological polar surface area (TPSA) is 49.4 Å². The van der Waals surface area contributed by atoms with Crippen LogP contribution in [0.25, 0.3) is 0 Å². The van der Waals surface area contributed by atoms with Gasteiger partial charge in [-0.2, -0.15) is 13.2 Å². The molecule has 25 heavy (non-hydrogen) atoms. The average molecular weight is 354 g/mol. The molecule has 136 valence electrons. The van der Waals surface area contributed by atoms with E-state index in [1.807, 2.05) is 0 Å². The lowest BCUT2D eigenvalue weighted by molar-refractivity contribution is -0.137. The number of benzene rings is 1. The van der Waals surface area contributed by atoms with Gasteiger partial charge in [0, 0.05) is 24.7 Å². The maximum atomic E-state index is 12.6. The minimum atomic E-state index is -4.41. The molecule has 1 atom stereocenters. The third-order valence-corrected chi connectivity index (χ3v) is 4.95. The maximum Gasteiger partial charge on any atom is 0.416 e. The van der Waals surface area contributed by atoms with Gasteiger partial charge in [0.05, 0.1) is 11.5 Å². The molecule has 0 aromatic heterocycles. The number of alkyl halides is 3. The first kappa shape index (κ1) is 17.8. The highest BCUT2D eigenvalue weighted by atomic mass is 19.4. The number of nitrogens with zero attached hydrogens (tertiary/aromatic N) is 1. The Balaban J connectivity index is 1.62. The highest BCUT2D eigenvalue weighted by Crippen LogP contribution is 2.32. The van der Waals surface area contributed by atoms with E-state index in [0.29, 0.717) is 5.69 Å². The Kier molecular flexibility index (Phi) is 5.01. The van der Waals surface area contributed by atoms with Crippen molar-refractivity contribution < 1.29 is 22.8 Å². The highest BCUT2D eigenvalue weighted by molar-refractivity contribution is 6.00. The number of carbonyl (C=O) groups is 2. The van der Waals surface area contributed by atoms with E-state index in [2.05, 4.69) is 5.32 Å². The van der Waals surface area contributed by atoms with Gasteiger partial charge in [-0.05, 0) is 37.1 Å². The number of hydrogen-bond acceptors (Lipinski definition) is 2. The molecule has 1 saturated carbocycles. The number of carbonyl (C=O) groups excluding carboxylic acids is 2. The lowest BCUT2D eigenvalue weighted by Crippen LogP contribution is -2.40. The van der Waals surface area contributed by atoms with Crippen molar-refractivity contribution >= 4 is 17.5 Å². The summed E-state index contributed by atoms with van der Waals surface area (Å²) in [5.41, 5.74) is -0.361. The Morgan fingerprint density at radius 1 is 1.08 bits per heavy atom. The van der Waals surface area contributed by atoms with E-state index in [1.54, 1.807) is 0 Å². The van der Waals surface area contributed by atoms with Gasteiger partial charge in [-0.25, -0.2) is 0 Å².